The number of hydrogen-bond acceptors (Lipinski definition) is 4. The van der Waals surface area contributed by atoms with E-state index in [0.717, 1.165) is 44.8 Å². The van der Waals surface area contributed by atoms with Crippen molar-refractivity contribution in [2.24, 2.45) is 0 Å². The van der Waals surface area contributed by atoms with Gasteiger partial charge in [-0.25, -0.2) is 4.98 Å². The van der Waals surface area contributed by atoms with Crippen LogP contribution in [-0.4, -0.2) is 49.2 Å². The summed E-state index contributed by atoms with van der Waals surface area (Å²) in [5.41, 5.74) is 0. The van der Waals surface area contributed by atoms with Gasteiger partial charge in [0.15, 0.2) is 0 Å². The van der Waals surface area contributed by atoms with Gasteiger partial charge in [0.1, 0.15) is 11.6 Å². The average molecular weight is 331 g/mol. The van der Waals surface area contributed by atoms with Crippen molar-refractivity contribution in [1.29, 1.82) is 0 Å². The first-order valence-corrected chi connectivity index (χ1v) is 8.37. The lowest BCUT2D eigenvalue weighted by Crippen LogP contribution is -2.43. The van der Waals surface area contributed by atoms with Crippen LogP contribution < -0.4 is 10.2 Å². The molecule has 2 rings (SSSR count). The lowest BCUT2D eigenvalue weighted by molar-refractivity contribution is 0.220. The van der Waals surface area contributed by atoms with Crippen LogP contribution in [0.2, 0.25) is 10.0 Å². The van der Waals surface area contributed by atoms with Gasteiger partial charge >= 0.3 is 0 Å². The third-order valence-electron chi connectivity index (χ3n) is 4.14. The van der Waals surface area contributed by atoms with Gasteiger partial charge in [-0.15, -0.1) is 0 Å². The first-order chi connectivity index (χ1) is 10.1. The highest BCUT2D eigenvalue weighted by molar-refractivity contribution is 6.37. The molecule has 6 heteroatoms. The molecular formula is C15H24Cl2N4. The summed E-state index contributed by atoms with van der Waals surface area (Å²) in [6.45, 7) is 8.42. The normalized spacial score (nSPS) is 17.0. The number of piperidine rings is 1. The van der Waals surface area contributed by atoms with Crippen molar-refractivity contribution in [2.75, 3.05) is 43.4 Å². The van der Waals surface area contributed by atoms with Crippen molar-refractivity contribution < 1.29 is 0 Å². The van der Waals surface area contributed by atoms with E-state index in [1.807, 2.05) is 6.92 Å². The Hall–Kier alpha value is -0.710. The summed E-state index contributed by atoms with van der Waals surface area (Å²) >= 11 is 12.5. The van der Waals surface area contributed by atoms with Crippen molar-refractivity contribution >= 4 is 34.8 Å². The van der Waals surface area contributed by atoms with Crippen molar-refractivity contribution in [1.82, 2.24) is 9.88 Å². The van der Waals surface area contributed by atoms with Crippen LogP contribution in [0.25, 0.3) is 0 Å². The summed E-state index contributed by atoms with van der Waals surface area (Å²) in [5, 5.41) is 4.36. The van der Waals surface area contributed by atoms with E-state index in [9.17, 15) is 0 Å². The molecule has 1 aromatic rings. The maximum atomic E-state index is 6.34. The number of aromatic nitrogens is 1. The molecule has 1 fully saturated rings. The lowest BCUT2D eigenvalue weighted by atomic mass is 10.0. The van der Waals surface area contributed by atoms with Crippen LogP contribution in [-0.2, 0) is 0 Å². The van der Waals surface area contributed by atoms with Crippen LogP contribution in [0.5, 0.6) is 0 Å². The third-order valence-corrected chi connectivity index (χ3v) is 4.71. The molecule has 4 nitrogen and oxygen atoms in total. The van der Waals surface area contributed by atoms with Crippen molar-refractivity contribution in [3.05, 3.63) is 16.1 Å². The molecule has 2 heterocycles. The molecule has 0 unspecified atom stereocenters. The zero-order valence-electron chi connectivity index (χ0n) is 13.0. The summed E-state index contributed by atoms with van der Waals surface area (Å²) in [4.78, 5) is 9.29. The Morgan fingerprint density at radius 1 is 1.29 bits per heavy atom. The molecule has 0 amide bonds. The summed E-state index contributed by atoms with van der Waals surface area (Å²) in [7, 11) is 2.07. The quantitative estimate of drug-likeness (QED) is 0.891. The Bertz CT molecular complexity index is 473. The third kappa shape index (κ3) is 3.93. The molecular weight excluding hydrogens is 307 g/mol. The molecule has 1 aromatic heterocycles. The molecule has 1 aliphatic heterocycles. The molecule has 1 N–H and O–H groups in total. The highest BCUT2D eigenvalue weighted by Crippen LogP contribution is 2.33. The fraction of sp³-hybridized carbons (Fsp3) is 0.667. The van der Waals surface area contributed by atoms with E-state index >= 15 is 0 Å². The number of anilines is 2. The van der Waals surface area contributed by atoms with E-state index in [-0.39, 0.29) is 0 Å². The minimum atomic E-state index is 0.480. The first-order valence-electron chi connectivity index (χ1n) is 7.61. The topological polar surface area (TPSA) is 31.4 Å². The minimum Gasteiger partial charge on any atom is -0.369 e. The number of hydrogen-bond donors (Lipinski definition) is 1. The SMILES string of the molecule is CCNc1nc(N(C)C2CCN(CC)CC2)c(Cl)cc1Cl. The molecule has 1 aliphatic rings. The predicted octanol–water partition coefficient (Wildman–Crippen LogP) is 3.74. The zero-order chi connectivity index (χ0) is 15.4. The standard InChI is InChI=1S/C15H24Cl2N4/c1-4-18-14-12(16)10-13(17)15(19-14)20(3)11-6-8-21(5-2)9-7-11/h10-11H,4-9H2,1-3H3,(H,18,19). The second-order valence-corrected chi connectivity index (χ2v) is 6.25. The molecule has 0 radical (unpaired) electrons. The van der Waals surface area contributed by atoms with Gasteiger partial charge in [-0.05, 0) is 32.4 Å². The van der Waals surface area contributed by atoms with Gasteiger partial charge in [-0.1, -0.05) is 30.1 Å². The van der Waals surface area contributed by atoms with Crippen molar-refractivity contribution in [3.63, 3.8) is 0 Å². The summed E-state index contributed by atoms with van der Waals surface area (Å²) in [5.74, 6) is 1.52. The summed E-state index contributed by atoms with van der Waals surface area (Å²) in [6, 6.07) is 2.26. The molecule has 0 aliphatic carbocycles. The maximum absolute atomic E-state index is 6.34. The van der Waals surface area contributed by atoms with Gasteiger partial charge in [-0.3, -0.25) is 0 Å². The van der Waals surface area contributed by atoms with E-state index < -0.39 is 0 Å². The van der Waals surface area contributed by atoms with E-state index in [1.165, 1.54) is 0 Å². The van der Waals surface area contributed by atoms with Gasteiger partial charge in [0, 0.05) is 32.7 Å². The summed E-state index contributed by atoms with van der Waals surface area (Å²) in [6.07, 6.45) is 2.28. The zero-order valence-corrected chi connectivity index (χ0v) is 14.5. The molecule has 0 aromatic carbocycles. The highest BCUT2D eigenvalue weighted by atomic mass is 35.5. The monoisotopic (exact) mass is 330 g/mol. The van der Waals surface area contributed by atoms with Gasteiger partial charge in [0.2, 0.25) is 0 Å². The number of rotatable bonds is 5. The van der Waals surface area contributed by atoms with Crippen LogP contribution in [0, 0.1) is 0 Å². The van der Waals surface area contributed by atoms with Gasteiger partial charge in [0.05, 0.1) is 10.0 Å². The largest absolute Gasteiger partial charge is 0.369 e. The van der Waals surface area contributed by atoms with Crippen LogP contribution in [0.1, 0.15) is 26.7 Å². The molecule has 0 saturated carbocycles. The molecule has 21 heavy (non-hydrogen) atoms. The second kappa shape index (κ2) is 7.52. The number of pyridine rings is 1. The highest BCUT2D eigenvalue weighted by Gasteiger charge is 2.24. The maximum Gasteiger partial charge on any atom is 0.149 e. The van der Waals surface area contributed by atoms with E-state index in [4.69, 9.17) is 23.2 Å². The van der Waals surface area contributed by atoms with Gasteiger partial charge in [0.25, 0.3) is 0 Å². The molecule has 0 atom stereocenters. The Morgan fingerprint density at radius 2 is 1.95 bits per heavy atom. The van der Waals surface area contributed by atoms with Gasteiger partial charge < -0.3 is 15.1 Å². The lowest BCUT2D eigenvalue weighted by Gasteiger charge is -2.37. The smallest absolute Gasteiger partial charge is 0.149 e. The van der Waals surface area contributed by atoms with E-state index in [2.05, 4.69) is 34.1 Å². The average Bonchev–Trinajstić information content (AvgIpc) is 2.49. The van der Waals surface area contributed by atoms with Crippen molar-refractivity contribution in [2.45, 2.75) is 32.7 Å². The Kier molecular flexibility index (Phi) is 5.97. The number of nitrogens with zero attached hydrogens (tertiary/aromatic N) is 3. The number of nitrogens with one attached hydrogen (secondary N) is 1. The van der Waals surface area contributed by atoms with Crippen LogP contribution in [0.4, 0.5) is 11.6 Å². The predicted molar refractivity (Wildman–Crippen MR) is 92.0 cm³/mol. The molecule has 0 spiro atoms. The fourth-order valence-corrected chi connectivity index (χ4v) is 3.35. The molecule has 118 valence electrons. The molecule has 1 saturated heterocycles. The van der Waals surface area contributed by atoms with E-state index in [0.29, 0.717) is 21.9 Å². The number of likely N-dealkylation sites (tertiary alicyclic amines) is 1. The number of halogens is 2. The Morgan fingerprint density at radius 3 is 2.52 bits per heavy atom. The molecule has 0 bridgehead atoms. The minimum absolute atomic E-state index is 0.480. The van der Waals surface area contributed by atoms with Crippen molar-refractivity contribution in [3.8, 4) is 0 Å². The Labute approximate surface area is 137 Å². The van der Waals surface area contributed by atoms with Crippen LogP contribution in [0.3, 0.4) is 0 Å². The van der Waals surface area contributed by atoms with E-state index in [1.54, 1.807) is 6.07 Å². The van der Waals surface area contributed by atoms with Crippen LogP contribution >= 0.6 is 23.2 Å². The van der Waals surface area contributed by atoms with Gasteiger partial charge in [-0.2, -0.15) is 0 Å². The van der Waals surface area contributed by atoms with Crippen LogP contribution in [0.15, 0.2) is 6.07 Å². The second-order valence-electron chi connectivity index (χ2n) is 5.43. The Balaban J connectivity index is 2.15. The summed E-state index contributed by atoms with van der Waals surface area (Å²) < 4.78 is 0. The fourth-order valence-electron chi connectivity index (χ4n) is 2.79. The first kappa shape index (κ1) is 16.7.